The van der Waals surface area contributed by atoms with Crippen LogP contribution in [0.2, 0.25) is 0 Å². The second kappa shape index (κ2) is 9.94. The van der Waals surface area contributed by atoms with E-state index in [-0.39, 0.29) is 19.1 Å². The van der Waals surface area contributed by atoms with Crippen LogP contribution in [0.1, 0.15) is 39.2 Å². The topological polar surface area (TPSA) is 96.3 Å². The van der Waals surface area contributed by atoms with Crippen molar-refractivity contribution in [2.75, 3.05) is 19.7 Å². The molecule has 0 aromatic heterocycles. The molecule has 0 aliphatic carbocycles. The number of hydrogen-bond acceptors (Lipinski definition) is 7. The Morgan fingerprint density at radius 3 is 2.61 bits per heavy atom. The first-order chi connectivity index (χ1) is 14.7. The van der Waals surface area contributed by atoms with Crippen molar-refractivity contribution in [2.24, 2.45) is 5.92 Å². The number of carbonyl (C=O) groups is 2. The van der Waals surface area contributed by atoms with Gasteiger partial charge in [-0.25, -0.2) is 4.79 Å². The number of esters is 2. The highest BCUT2D eigenvalue weighted by Gasteiger charge is 2.49. The van der Waals surface area contributed by atoms with Crippen LogP contribution in [0, 0.1) is 5.92 Å². The summed E-state index contributed by atoms with van der Waals surface area (Å²) >= 11 is 0. The number of aryl methyl sites for hydroxylation is 1. The fourth-order valence-corrected chi connectivity index (χ4v) is 4.40. The largest absolute Gasteiger partial charge is 0.459 e. The van der Waals surface area contributed by atoms with Gasteiger partial charge < -0.3 is 19.7 Å². The minimum Gasteiger partial charge on any atom is -0.459 e. The van der Waals surface area contributed by atoms with Crippen molar-refractivity contribution in [3.63, 3.8) is 0 Å². The lowest BCUT2D eigenvalue weighted by molar-refractivity contribution is -0.193. The molecule has 170 valence electrons. The molecule has 0 amide bonds. The van der Waals surface area contributed by atoms with Crippen LogP contribution in [-0.4, -0.2) is 70.6 Å². The highest BCUT2D eigenvalue weighted by atomic mass is 16.6. The number of ether oxygens (including phenoxy) is 2. The lowest BCUT2D eigenvalue weighted by Gasteiger charge is -2.34. The van der Waals surface area contributed by atoms with Gasteiger partial charge in [0.1, 0.15) is 12.7 Å². The molecular formula is C24H33NO6. The van der Waals surface area contributed by atoms with Gasteiger partial charge in [-0.2, -0.15) is 0 Å². The highest BCUT2D eigenvalue weighted by molar-refractivity contribution is 5.81. The third-order valence-electron chi connectivity index (χ3n) is 6.40. The molecule has 0 radical (unpaired) electrons. The molecule has 1 fully saturated rings. The van der Waals surface area contributed by atoms with E-state index in [2.05, 4.69) is 4.90 Å². The van der Waals surface area contributed by atoms with Gasteiger partial charge in [0, 0.05) is 19.5 Å². The average Bonchev–Trinajstić information content (AvgIpc) is 3.33. The Morgan fingerprint density at radius 2 is 1.94 bits per heavy atom. The second-order valence-electron chi connectivity index (χ2n) is 8.75. The van der Waals surface area contributed by atoms with Crippen molar-refractivity contribution >= 4 is 11.9 Å². The van der Waals surface area contributed by atoms with Gasteiger partial charge in [-0.1, -0.05) is 50.3 Å². The fraction of sp³-hybridized carbons (Fsp3) is 0.583. The minimum absolute atomic E-state index is 0.000758. The smallest absolute Gasteiger partial charge is 0.342 e. The van der Waals surface area contributed by atoms with Gasteiger partial charge in [-0.3, -0.25) is 9.69 Å². The van der Waals surface area contributed by atoms with Crippen molar-refractivity contribution in [3.8, 4) is 0 Å². The Kier molecular flexibility index (Phi) is 7.51. The zero-order chi connectivity index (χ0) is 22.6. The van der Waals surface area contributed by atoms with Crippen LogP contribution in [0.4, 0.5) is 0 Å². The molecule has 2 aliphatic rings. The van der Waals surface area contributed by atoms with E-state index in [1.165, 1.54) is 6.92 Å². The van der Waals surface area contributed by atoms with Crippen molar-refractivity contribution in [1.82, 2.24) is 4.90 Å². The number of hydrogen-bond donors (Lipinski definition) is 2. The van der Waals surface area contributed by atoms with Crippen LogP contribution in [0.3, 0.4) is 0 Å². The van der Waals surface area contributed by atoms with Gasteiger partial charge in [-0.05, 0) is 36.8 Å². The minimum atomic E-state index is -1.96. The number of rotatable bonds is 9. The zero-order valence-electron chi connectivity index (χ0n) is 18.5. The molecule has 2 N–H and O–H groups in total. The normalized spacial score (nSPS) is 23.7. The molecule has 7 nitrogen and oxygen atoms in total. The van der Waals surface area contributed by atoms with E-state index in [0.29, 0.717) is 12.8 Å². The summed E-state index contributed by atoms with van der Waals surface area (Å²) in [4.78, 5) is 27.3. The van der Waals surface area contributed by atoms with Crippen LogP contribution in [-0.2, 0) is 25.5 Å². The van der Waals surface area contributed by atoms with E-state index in [9.17, 15) is 19.8 Å². The van der Waals surface area contributed by atoms with Crippen LogP contribution in [0.15, 0.2) is 42.0 Å². The standard InChI is InChI=1S/C24H33NO6/c1-16(2)24(29,17(3)31-21(27)10-9-18-7-5-4-6-8-18)23(28)30-15-19-11-13-25-14-12-20(26)22(19)25/h4-8,11,16-17,20,22,26,29H,9-10,12-15H2,1-3H3/t17-,20+,22+,24+/m0/s1. The van der Waals surface area contributed by atoms with Crippen molar-refractivity contribution in [3.05, 3.63) is 47.5 Å². The maximum atomic E-state index is 12.9. The van der Waals surface area contributed by atoms with Gasteiger partial charge in [-0.15, -0.1) is 0 Å². The molecule has 1 aromatic carbocycles. The molecule has 4 atom stereocenters. The first kappa shape index (κ1) is 23.4. The summed E-state index contributed by atoms with van der Waals surface area (Å²) in [5.74, 6) is -1.83. The summed E-state index contributed by atoms with van der Waals surface area (Å²) in [6.07, 6.45) is 1.80. The summed E-state index contributed by atoms with van der Waals surface area (Å²) in [6.45, 7) is 6.42. The maximum Gasteiger partial charge on any atom is 0.342 e. The summed E-state index contributed by atoms with van der Waals surface area (Å²) in [6, 6.07) is 9.44. The lowest BCUT2D eigenvalue weighted by Crippen LogP contribution is -2.55. The van der Waals surface area contributed by atoms with Gasteiger partial charge in [0.15, 0.2) is 0 Å². The molecule has 2 heterocycles. The van der Waals surface area contributed by atoms with E-state index in [1.807, 2.05) is 36.4 Å². The van der Waals surface area contributed by atoms with Gasteiger partial charge in [0.25, 0.3) is 0 Å². The average molecular weight is 432 g/mol. The van der Waals surface area contributed by atoms with Crippen molar-refractivity contribution < 1.29 is 29.3 Å². The molecule has 31 heavy (non-hydrogen) atoms. The van der Waals surface area contributed by atoms with Crippen LogP contribution in [0.25, 0.3) is 0 Å². The lowest BCUT2D eigenvalue weighted by atomic mass is 9.85. The summed E-state index contributed by atoms with van der Waals surface area (Å²) in [5.41, 5.74) is -0.106. The van der Waals surface area contributed by atoms with E-state index in [4.69, 9.17) is 9.47 Å². The highest BCUT2D eigenvalue weighted by Crippen LogP contribution is 2.31. The molecule has 0 bridgehead atoms. The zero-order valence-corrected chi connectivity index (χ0v) is 18.5. The maximum absolute atomic E-state index is 12.9. The third kappa shape index (κ3) is 5.17. The van der Waals surface area contributed by atoms with E-state index >= 15 is 0 Å². The number of carbonyl (C=O) groups excluding carboxylic acids is 2. The number of aliphatic hydroxyl groups is 2. The predicted molar refractivity (Wildman–Crippen MR) is 115 cm³/mol. The Balaban J connectivity index is 1.56. The van der Waals surface area contributed by atoms with Crippen LogP contribution in [0.5, 0.6) is 0 Å². The monoisotopic (exact) mass is 431 g/mol. The molecule has 0 unspecified atom stereocenters. The van der Waals surface area contributed by atoms with Gasteiger partial charge >= 0.3 is 11.9 Å². The SMILES string of the molecule is CC(C)[C@](O)(C(=O)OCC1=CCN2CC[C@@H](O)[C@@H]12)[C@H](C)OC(=O)CCc1ccccc1. The summed E-state index contributed by atoms with van der Waals surface area (Å²) < 4.78 is 10.9. The van der Waals surface area contributed by atoms with Crippen LogP contribution < -0.4 is 0 Å². The second-order valence-corrected chi connectivity index (χ2v) is 8.75. The Bertz CT molecular complexity index is 808. The summed E-state index contributed by atoms with van der Waals surface area (Å²) in [5, 5.41) is 21.3. The number of fused-ring (bicyclic) bond motifs is 1. The Hall–Kier alpha value is -2.22. The van der Waals surface area contributed by atoms with Crippen molar-refractivity contribution in [2.45, 2.75) is 63.9 Å². The summed E-state index contributed by atoms with van der Waals surface area (Å²) in [7, 11) is 0. The molecule has 0 spiro atoms. The molecule has 7 heteroatoms. The predicted octanol–water partition coefficient (Wildman–Crippen LogP) is 1.86. The number of aliphatic hydroxyl groups excluding tert-OH is 1. The van der Waals surface area contributed by atoms with Crippen molar-refractivity contribution in [1.29, 1.82) is 0 Å². The number of benzene rings is 1. The molecule has 3 rings (SSSR count). The first-order valence-corrected chi connectivity index (χ1v) is 11.0. The quantitative estimate of drug-likeness (QED) is 0.455. The number of nitrogens with zero attached hydrogens (tertiary/aromatic N) is 1. The Morgan fingerprint density at radius 1 is 1.23 bits per heavy atom. The van der Waals surface area contributed by atoms with E-state index in [0.717, 1.165) is 24.2 Å². The van der Waals surface area contributed by atoms with E-state index < -0.39 is 35.7 Å². The molecular weight excluding hydrogens is 398 g/mol. The molecule has 2 aliphatic heterocycles. The van der Waals surface area contributed by atoms with Gasteiger partial charge in [0.05, 0.1) is 12.1 Å². The Labute approximate surface area is 183 Å². The van der Waals surface area contributed by atoms with Crippen LogP contribution >= 0.6 is 0 Å². The van der Waals surface area contributed by atoms with E-state index in [1.54, 1.807) is 13.8 Å². The first-order valence-electron chi connectivity index (χ1n) is 11.0. The molecule has 1 saturated heterocycles. The van der Waals surface area contributed by atoms with Gasteiger partial charge in [0.2, 0.25) is 5.60 Å². The third-order valence-corrected chi connectivity index (χ3v) is 6.40. The fourth-order valence-electron chi connectivity index (χ4n) is 4.40. The molecule has 1 aromatic rings. The molecule has 0 saturated carbocycles.